The molecule has 0 amide bonds. The summed E-state index contributed by atoms with van der Waals surface area (Å²) in [6, 6.07) is 14.0. The van der Waals surface area contributed by atoms with Gasteiger partial charge >= 0.3 is 0 Å². The van der Waals surface area contributed by atoms with Crippen molar-refractivity contribution in [2.24, 2.45) is 0 Å². The second-order valence-corrected chi connectivity index (χ2v) is 7.57. The van der Waals surface area contributed by atoms with Crippen LogP contribution >= 0.6 is 0 Å². The molecule has 0 aromatic heterocycles. The predicted molar refractivity (Wildman–Crippen MR) is 107 cm³/mol. The molecule has 1 saturated heterocycles. The smallest absolute Gasteiger partial charge is 0.113 e. The number of hydrogen-bond donors (Lipinski definition) is 4. The molecule has 1 aliphatic rings. The van der Waals surface area contributed by atoms with Crippen molar-refractivity contribution in [1.29, 1.82) is 5.26 Å². The van der Waals surface area contributed by atoms with Crippen LogP contribution in [0.3, 0.4) is 0 Å². The van der Waals surface area contributed by atoms with Crippen LogP contribution in [-0.4, -0.2) is 51.4 Å². The quantitative estimate of drug-likeness (QED) is 0.609. The highest BCUT2D eigenvalue weighted by atomic mass is 16.5. The number of ether oxygens (including phenoxy) is 1. The van der Waals surface area contributed by atoms with E-state index in [0.29, 0.717) is 17.5 Å². The van der Waals surface area contributed by atoms with Crippen molar-refractivity contribution in [1.82, 2.24) is 0 Å². The summed E-state index contributed by atoms with van der Waals surface area (Å²) >= 11 is 0. The number of benzene rings is 2. The highest BCUT2D eigenvalue weighted by molar-refractivity contribution is 5.47. The summed E-state index contributed by atoms with van der Waals surface area (Å²) in [6.07, 6.45) is -4.59. The lowest BCUT2D eigenvalue weighted by Gasteiger charge is -2.40. The zero-order chi connectivity index (χ0) is 21.1. The van der Waals surface area contributed by atoms with Crippen LogP contribution < -0.4 is 0 Å². The summed E-state index contributed by atoms with van der Waals surface area (Å²) in [4.78, 5) is 0. The number of aliphatic hydroxyl groups excluding tert-OH is 4. The zero-order valence-electron chi connectivity index (χ0n) is 16.6. The Balaban J connectivity index is 1.97. The number of rotatable bonds is 5. The molecule has 0 saturated carbocycles. The molecular formula is C23H27NO5. The number of hydrogen-bond acceptors (Lipinski definition) is 6. The third-order valence-corrected chi connectivity index (χ3v) is 5.64. The second-order valence-electron chi connectivity index (χ2n) is 7.57. The van der Waals surface area contributed by atoms with Gasteiger partial charge in [0.25, 0.3) is 0 Å². The van der Waals surface area contributed by atoms with E-state index in [0.717, 1.165) is 23.1 Å². The van der Waals surface area contributed by atoms with E-state index >= 15 is 0 Å². The minimum absolute atomic E-state index is 0.479. The topological polar surface area (TPSA) is 114 Å². The Labute approximate surface area is 170 Å². The summed E-state index contributed by atoms with van der Waals surface area (Å²) in [5.74, 6) is 0. The van der Waals surface area contributed by atoms with E-state index in [4.69, 9.17) is 4.74 Å². The molecule has 154 valence electrons. The first kappa shape index (κ1) is 21.4. The van der Waals surface area contributed by atoms with Crippen molar-refractivity contribution in [2.45, 2.75) is 57.2 Å². The summed E-state index contributed by atoms with van der Waals surface area (Å²) in [5, 5.41) is 49.7. The van der Waals surface area contributed by atoms with Crippen molar-refractivity contribution in [3.05, 3.63) is 69.8 Å². The lowest BCUT2D eigenvalue weighted by Crippen LogP contribution is -2.55. The van der Waals surface area contributed by atoms with Gasteiger partial charge in [-0.3, -0.25) is 0 Å². The Morgan fingerprint density at radius 1 is 1.00 bits per heavy atom. The molecule has 2 aromatic rings. The highest BCUT2D eigenvalue weighted by Crippen LogP contribution is 2.35. The largest absolute Gasteiger partial charge is 0.394 e. The van der Waals surface area contributed by atoms with E-state index in [1.807, 2.05) is 18.2 Å². The predicted octanol–water partition coefficient (Wildman–Crippen LogP) is 1.53. The maximum absolute atomic E-state index is 10.5. The number of nitriles is 1. The molecule has 1 aliphatic heterocycles. The van der Waals surface area contributed by atoms with Crippen molar-refractivity contribution >= 4 is 0 Å². The van der Waals surface area contributed by atoms with Gasteiger partial charge < -0.3 is 25.2 Å². The molecule has 6 nitrogen and oxygen atoms in total. The van der Waals surface area contributed by atoms with Crippen LogP contribution in [0.1, 0.15) is 46.4 Å². The Hall–Kier alpha value is -2.27. The number of aliphatic hydroxyl groups is 4. The molecule has 0 spiro atoms. The normalized spacial score (nSPS) is 26.9. The minimum Gasteiger partial charge on any atom is -0.394 e. The molecule has 0 bridgehead atoms. The van der Waals surface area contributed by atoms with Crippen molar-refractivity contribution in [3.8, 4) is 6.07 Å². The monoisotopic (exact) mass is 397 g/mol. The van der Waals surface area contributed by atoms with Crippen LogP contribution in [0, 0.1) is 18.3 Å². The van der Waals surface area contributed by atoms with Crippen LogP contribution in [0.15, 0.2) is 36.4 Å². The van der Waals surface area contributed by atoms with E-state index < -0.39 is 37.1 Å². The van der Waals surface area contributed by atoms with Gasteiger partial charge in [0.2, 0.25) is 0 Å². The fourth-order valence-electron chi connectivity index (χ4n) is 3.80. The Kier molecular flexibility index (Phi) is 6.68. The molecule has 3 rings (SSSR count). The summed E-state index contributed by atoms with van der Waals surface area (Å²) in [7, 11) is 0. The molecule has 0 radical (unpaired) electrons. The summed E-state index contributed by atoms with van der Waals surface area (Å²) < 4.78 is 5.71. The van der Waals surface area contributed by atoms with Gasteiger partial charge in [-0.05, 0) is 53.6 Å². The van der Waals surface area contributed by atoms with Crippen LogP contribution in [0.4, 0.5) is 0 Å². The second kappa shape index (κ2) is 9.04. The van der Waals surface area contributed by atoms with Crippen molar-refractivity contribution in [3.63, 3.8) is 0 Å². The first-order chi connectivity index (χ1) is 13.9. The van der Waals surface area contributed by atoms with E-state index in [2.05, 4.69) is 25.1 Å². The van der Waals surface area contributed by atoms with Gasteiger partial charge in [-0.2, -0.15) is 5.26 Å². The van der Waals surface area contributed by atoms with Crippen LogP contribution in [0.2, 0.25) is 0 Å². The zero-order valence-corrected chi connectivity index (χ0v) is 16.6. The Morgan fingerprint density at radius 3 is 2.24 bits per heavy atom. The van der Waals surface area contributed by atoms with Crippen LogP contribution in [0.25, 0.3) is 0 Å². The average molecular weight is 397 g/mol. The van der Waals surface area contributed by atoms with Gasteiger partial charge in [0, 0.05) is 0 Å². The first-order valence-corrected chi connectivity index (χ1v) is 9.81. The molecule has 6 heteroatoms. The molecule has 2 aromatic carbocycles. The molecule has 29 heavy (non-hydrogen) atoms. The van der Waals surface area contributed by atoms with E-state index in [1.54, 1.807) is 13.0 Å². The molecule has 1 heterocycles. The Bertz CT molecular complexity index is 887. The lowest BCUT2D eigenvalue weighted by molar-refractivity contribution is -0.231. The van der Waals surface area contributed by atoms with E-state index in [1.165, 1.54) is 5.56 Å². The first-order valence-electron chi connectivity index (χ1n) is 9.81. The molecule has 4 N–H and O–H groups in total. The van der Waals surface area contributed by atoms with Crippen molar-refractivity contribution in [2.75, 3.05) is 6.61 Å². The van der Waals surface area contributed by atoms with Crippen LogP contribution in [-0.2, 0) is 17.6 Å². The van der Waals surface area contributed by atoms with Crippen LogP contribution in [0.5, 0.6) is 0 Å². The molecule has 0 unspecified atom stereocenters. The fourth-order valence-corrected chi connectivity index (χ4v) is 3.80. The fraction of sp³-hybridized carbons (Fsp3) is 0.435. The lowest BCUT2D eigenvalue weighted by atomic mass is 9.86. The highest BCUT2D eigenvalue weighted by Gasteiger charge is 2.44. The molecule has 5 atom stereocenters. The summed E-state index contributed by atoms with van der Waals surface area (Å²) in [6.45, 7) is 3.42. The van der Waals surface area contributed by atoms with E-state index in [9.17, 15) is 25.7 Å². The average Bonchev–Trinajstić information content (AvgIpc) is 2.74. The van der Waals surface area contributed by atoms with Gasteiger partial charge in [-0.15, -0.1) is 0 Å². The maximum atomic E-state index is 10.5. The van der Waals surface area contributed by atoms with Gasteiger partial charge in [-0.25, -0.2) is 0 Å². The Morgan fingerprint density at radius 2 is 1.66 bits per heavy atom. The maximum Gasteiger partial charge on any atom is 0.113 e. The number of aryl methyl sites for hydroxylation is 2. The third kappa shape index (κ3) is 4.35. The van der Waals surface area contributed by atoms with Gasteiger partial charge in [0.05, 0.1) is 18.2 Å². The van der Waals surface area contributed by atoms with Gasteiger partial charge in [0.1, 0.15) is 30.5 Å². The molecule has 0 aliphatic carbocycles. The number of nitrogens with zero attached hydrogens (tertiary/aromatic N) is 1. The molecule has 1 fully saturated rings. The van der Waals surface area contributed by atoms with E-state index in [-0.39, 0.29) is 0 Å². The van der Waals surface area contributed by atoms with Gasteiger partial charge in [0.15, 0.2) is 0 Å². The van der Waals surface area contributed by atoms with Crippen molar-refractivity contribution < 1.29 is 25.2 Å². The van der Waals surface area contributed by atoms with Gasteiger partial charge in [-0.1, -0.05) is 37.3 Å². The molecular weight excluding hydrogens is 370 g/mol. The summed E-state index contributed by atoms with van der Waals surface area (Å²) in [5.41, 5.74) is 4.98. The SMILES string of the molecule is CCc1ccc(Cc2cc([C@@H]3O[C@H](CO)[C@@H](O)[C@H](O)[C@H]3O)c(C)cc2C#N)cc1. The standard InChI is InChI=1S/C23H27NO5/c1-3-14-4-6-15(7-5-14)9-16-10-18(13(2)8-17(16)11-24)23-22(28)21(27)20(26)19(12-25)29-23/h4-8,10,19-23,25-28H,3,9,12H2,1-2H3/t19-,20-,21+,22-,23+/m1/s1. The third-order valence-electron chi connectivity index (χ3n) is 5.64. The minimum atomic E-state index is -1.44.